The molecule has 0 unspecified atom stereocenters. The van der Waals surface area contributed by atoms with Crippen LogP contribution in [0.1, 0.15) is 13.8 Å². The van der Waals surface area contributed by atoms with Crippen molar-refractivity contribution in [1.29, 1.82) is 0 Å². The van der Waals surface area contributed by atoms with Crippen LogP contribution in [0, 0.1) is 0 Å². The second-order valence-electron chi connectivity index (χ2n) is 5.12. The van der Waals surface area contributed by atoms with Gasteiger partial charge in [-0.25, -0.2) is 21.6 Å². The summed E-state index contributed by atoms with van der Waals surface area (Å²) >= 11 is 0. The lowest BCUT2D eigenvalue weighted by Crippen LogP contribution is -2.38. The minimum atomic E-state index is -3.46. The molecule has 0 saturated heterocycles. The van der Waals surface area contributed by atoms with E-state index in [1.54, 1.807) is 26.0 Å². The molecule has 6 nitrogen and oxygen atoms in total. The van der Waals surface area contributed by atoms with E-state index >= 15 is 0 Å². The predicted molar refractivity (Wildman–Crippen MR) is 80.1 cm³/mol. The zero-order chi connectivity index (χ0) is 15.6. The summed E-state index contributed by atoms with van der Waals surface area (Å²) in [7, 11) is -5.29. The SMILES string of the molecule is CNS(=O)(=O)c1ccc(NCC(C)(C)S(C)(=O)=O)cc1. The Morgan fingerprint density at radius 3 is 1.95 bits per heavy atom. The fourth-order valence-electron chi connectivity index (χ4n) is 1.32. The molecular weight excluding hydrogens is 300 g/mol. The lowest BCUT2D eigenvalue weighted by Gasteiger charge is -2.23. The van der Waals surface area contributed by atoms with E-state index in [0.717, 1.165) is 0 Å². The molecule has 0 aliphatic carbocycles. The Hall–Kier alpha value is -1.12. The fraction of sp³-hybridized carbons (Fsp3) is 0.500. The van der Waals surface area contributed by atoms with Gasteiger partial charge in [0, 0.05) is 18.5 Å². The molecule has 1 aromatic rings. The second kappa shape index (κ2) is 5.71. The van der Waals surface area contributed by atoms with Crippen molar-refractivity contribution >= 4 is 25.5 Å². The van der Waals surface area contributed by atoms with Crippen molar-refractivity contribution in [3.63, 3.8) is 0 Å². The first kappa shape index (κ1) is 16.9. The molecular formula is C12H20N2O4S2. The highest BCUT2D eigenvalue weighted by Crippen LogP contribution is 2.18. The molecule has 0 amide bonds. The number of nitrogens with one attached hydrogen (secondary N) is 2. The molecule has 0 saturated carbocycles. The van der Waals surface area contributed by atoms with Crippen LogP contribution in [0.2, 0.25) is 0 Å². The second-order valence-corrected chi connectivity index (χ2v) is 9.65. The van der Waals surface area contributed by atoms with Gasteiger partial charge in [0.1, 0.15) is 0 Å². The minimum absolute atomic E-state index is 0.160. The third-order valence-electron chi connectivity index (χ3n) is 3.16. The van der Waals surface area contributed by atoms with Gasteiger partial charge >= 0.3 is 0 Å². The Morgan fingerprint density at radius 1 is 1.05 bits per heavy atom. The van der Waals surface area contributed by atoms with E-state index in [0.29, 0.717) is 5.69 Å². The van der Waals surface area contributed by atoms with E-state index in [2.05, 4.69) is 10.0 Å². The summed E-state index contributed by atoms with van der Waals surface area (Å²) < 4.78 is 47.6. The summed E-state index contributed by atoms with van der Waals surface area (Å²) in [6, 6.07) is 6.12. The highest BCUT2D eigenvalue weighted by molar-refractivity contribution is 7.92. The molecule has 0 radical (unpaired) electrons. The molecule has 0 bridgehead atoms. The molecule has 0 heterocycles. The van der Waals surface area contributed by atoms with Crippen LogP contribution in [0.25, 0.3) is 0 Å². The third kappa shape index (κ3) is 3.94. The van der Waals surface area contributed by atoms with E-state index in [-0.39, 0.29) is 11.4 Å². The van der Waals surface area contributed by atoms with Crippen molar-refractivity contribution in [2.24, 2.45) is 0 Å². The molecule has 0 aliphatic heterocycles. The van der Waals surface area contributed by atoms with Gasteiger partial charge in [-0.2, -0.15) is 0 Å². The van der Waals surface area contributed by atoms with Crippen LogP contribution < -0.4 is 10.0 Å². The van der Waals surface area contributed by atoms with Gasteiger partial charge < -0.3 is 5.32 Å². The minimum Gasteiger partial charge on any atom is -0.383 e. The number of benzene rings is 1. The monoisotopic (exact) mass is 320 g/mol. The summed E-state index contributed by atoms with van der Waals surface area (Å²) in [5, 5.41) is 2.99. The summed E-state index contributed by atoms with van der Waals surface area (Å²) in [6.45, 7) is 3.51. The van der Waals surface area contributed by atoms with E-state index in [1.165, 1.54) is 25.4 Å². The quantitative estimate of drug-likeness (QED) is 0.810. The summed E-state index contributed by atoms with van der Waals surface area (Å²) in [4.78, 5) is 0.160. The van der Waals surface area contributed by atoms with Crippen LogP contribution in [0.4, 0.5) is 5.69 Å². The summed E-state index contributed by atoms with van der Waals surface area (Å²) in [5.41, 5.74) is 0.664. The maximum absolute atomic E-state index is 11.6. The predicted octanol–water partition coefficient (Wildman–Crippen LogP) is 0.830. The maximum atomic E-state index is 11.6. The van der Waals surface area contributed by atoms with Gasteiger partial charge in [-0.05, 0) is 45.2 Å². The Labute approximate surface area is 120 Å². The molecule has 0 aromatic heterocycles. The highest BCUT2D eigenvalue weighted by atomic mass is 32.2. The third-order valence-corrected chi connectivity index (χ3v) is 6.74. The molecule has 8 heteroatoms. The van der Waals surface area contributed by atoms with E-state index in [9.17, 15) is 16.8 Å². The standard InChI is InChI=1S/C12H20N2O4S2/c1-12(2,19(4,15)16)9-14-10-5-7-11(8-6-10)20(17,18)13-3/h5-8,13-14H,9H2,1-4H3. The van der Waals surface area contributed by atoms with Crippen LogP contribution in [-0.2, 0) is 19.9 Å². The lowest BCUT2D eigenvalue weighted by molar-refractivity contribution is 0.560. The Morgan fingerprint density at radius 2 is 1.55 bits per heavy atom. The molecule has 20 heavy (non-hydrogen) atoms. The summed E-state index contributed by atoms with van der Waals surface area (Å²) in [5.74, 6) is 0. The maximum Gasteiger partial charge on any atom is 0.240 e. The normalized spacial score (nSPS) is 13.2. The Balaban J connectivity index is 2.83. The van der Waals surface area contributed by atoms with Crippen molar-refractivity contribution in [2.45, 2.75) is 23.5 Å². The van der Waals surface area contributed by atoms with Crippen LogP contribution >= 0.6 is 0 Å². The van der Waals surface area contributed by atoms with E-state index < -0.39 is 24.6 Å². The van der Waals surface area contributed by atoms with Crippen molar-refractivity contribution < 1.29 is 16.8 Å². The van der Waals surface area contributed by atoms with Gasteiger partial charge in [-0.1, -0.05) is 0 Å². The number of hydrogen-bond acceptors (Lipinski definition) is 5. The van der Waals surface area contributed by atoms with Gasteiger partial charge in [0.2, 0.25) is 10.0 Å². The van der Waals surface area contributed by atoms with Crippen LogP contribution in [0.15, 0.2) is 29.2 Å². The van der Waals surface area contributed by atoms with Crippen LogP contribution in [0.3, 0.4) is 0 Å². The number of rotatable bonds is 6. The van der Waals surface area contributed by atoms with E-state index in [1.807, 2.05) is 0 Å². The van der Waals surface area contributed by atoms with Gasteiger partial charge in [-0.3, -0.25) is 0 Å². The zero-order valence-corrected chi connectivity index (χ0v) is 13.6. The highest BCUT2D eigenvalue weighted by Gasteiger charge is 2.29. The van der Waals surface area contributed by atoms with Crippen molar-refractivity contribution in [2.75, 3.05) is 25.2 Å². The molecule has 0 fully saturated rings. The number of hydrogen-bond donors (Lipinski definition) is 2. The van der Waals surface area contributed by atoms with Gasteiger partial charge in [-0.15, -0.1) is 0 Å². The molecule has 1 aromatic carbocycles. The van der Waals surface area contributed by atoms with Crippen LogP contribution in [0.5, 0.6) is 0 Å². The van der Waals surface area contributed by atoms with Gasteiger partial charge in [0.05, 0.1) is 9.64 Å². The fourth-order valence-corrected chi connectivity index (χ4v) is 2.38. The summed E-state index contributed by atoms with van der Waals surface area (Å²) in [6.07, 6.45) is 1.19. The number of anilines is 1. The first-order valence-corrected chi connectivity index (χ1v) is 9.34. The van der Waals surface area contributed by atoms with Crippen molar-refractivity contribution in [3.8, 4) is 0 Å². The zero-order valence-electron chi connectivity index (χ0n) is 12.0. The van der Waals surface area contributed by atoms with Gasteiger partial charge in [0.15, 0.2) is 9.84 Å². The molecule has 2 N–H and O–H groups in total. The Kier molecular flexibility index (Phi) is 4.83. The Bertz CT molecular complexity index is 662. The molecule has 0 aliphatic rings. The molecule has 0 atom stereocenters. The lowest BCUT2D eigenvalue weighted by atomic mass is 10.2. The van der Waals surface area contributed by atoms with Crippen molar-refractivity contribution in [3.05, 3.63) is 24.3 Å². The first-order valence-electron chi connectivity index (χ1n) is 5.97. The topological polar surface area (TPSA) is 92.3 Å². The molecule has 1 rings (SSSR count). The molecule has 0 spiro atoms. The average molecular weight is 320 g/mol. The van der Waals surface area contributed by atoms with Crippen molar-refractivity contribution in [1.82, 2.24) is 4.72 Å². The number of sulfonamides is 1. The van der Waals surface area contributed by atoms with Crippen LogP contribution in [-0.4, -0.2) is 41.4 Å². The van der Waals surface area contributed by atoms with E-state index in [4.69, 9.17) is 0 Å². The number of sulfone groups is 1. The first-order chi connectivity index (χ1) is 8.99. The largest absolute Gasteiger partial charge is 0.383 e. The van der Waals surface area contributed by atoms with Gasteiger partial charge in [0.25, 0.3) is 0 Å². The molecule has 114 valence electrons. The smallest absolute Gasteiger partial charge is 0.240 e. The average Bonchev–Trinajstić information content (AvgIpc) is 2.35.